The fourth-order valence-electron chi connectivity index (χ4n) is 1.15. The zero-order chi connectivity index (χ0) is 9.78. The van der Waals surface area contributed by atoms with Crippen LogP contribution in [0.25, 0.3) is 0 Å². The van der Waals surface area contributed by atoms with Crippen LogP contribution in [0.1, 0.15) is 40.5 Å². The Balaban J connectivity index is 3.60. The van der Waals surface area contributed by atoms with Crippen LogP contribution >= 0.6 is 0 Å². The number of hydrogen-bond donors (Lipinski definition) is 2. The van der Waals surface area contributed by atoms with Crippen molar-refractivity contribution in [2.45, 2.75) is 52.1 Å². The molecule has 0 bridgehead atoms. The van der Waals surface area contributed by atoms with E-state index in [1.807, 2.05) is 6.92 Å². The molecule has 0 rings (SSSR count). The summed E-state index contributed by atoms with van der Waals surface area (Å²) in [5.74, 6) is -0.724. The van der Waals surface area contributed by atoms with Gasteiger partial charge in [-0.1, -0.05) is 0 Å². The van der Waals surface area contributed by atoms with Crippen molar-refractivity contribution in [3.05, 3.63) is 0 Å². The highest BCUT2D eigenvalue weighted by Crippen LogP contribution is 2.04. The molecule has 0 saturated heterocycles. The molecule has 0 spiro atoms. The Bertz CT molecular complexity index is 149. The number of carbonyl (C=O) groups is 1. The van der Waals surface area contributed by atoms with Crippen molar-refractivity contribution in [2.75, 3.05) is 0 Å². The Morgan fingerprint density at radius 2 is 2.00 bits per heavy atom. The predicted octanol–water partition coefficient (Wildman–Crippen LogP) is 1.63. The molecular weight excluding hydrogens is 154 g/mol. The van der Waals surface area contributed by atoms with Crippen molar-refractivity contribution in [1.82, 2.24) is 5.32 Å². The second-order valence-corrected chi connectivity index (χ2v) is 4.23. The fourth-order valence-corrected chi connectivity index (χ4v) is 1.15. The molecule has 2 N–H and O–H groups in total. The molecule has 72 valence electrons. The molecule has 0 fully saturated rings. The average Bonchev–Trinajstić information content (AvgIpc) is 1.79. The van der Waals surface area contributed by atoms with Crippen molar-refractivity contribution < 1.29 is 9.90 Å². The first kappa shape index (κ1) is 11.4. The third-order valence-electron chi connectivity index (χ3n) is 1.47. The Morgan fingerprint density at radius 3 is 2.33 bits per heavy atom. The molecule has 0 aromatic carbocycles. The summed E-state index contributed by atoms with van der Waals surface area (Å²) >= 11 is 0. The van der Waals surface area contributed by atoms with Crippen molar-refractivity contribution in [3.63, 3.8) is 0 Å². The van der Waals surface area contributed by atoms with Crippen LogP contribution in [0.3, 0.4) is 0 Å². The van der Waals surface area contributed by atoms with Gasteiger partial charge in [0, 0.05) is 18.0 Å². The molecule has 12 heavy (non-hydrogen) atoms. The van der Waals surface area contributed by atoms with Gasteiger partial charge in [-0.2, -0.15) is 0 Å². The molecule has 3 nitrogen and oxygen atoms in total. The largest absolute Gasteiger partial charge is 0.481 e. The monoisotopic (exact) mass is 173 g/mol. The number of aliphatic carboxylic acids is 1. The number of rotatable bonds is 4. The summed E-state index contributed by atoms with van der Waals surface area (Å²) in [5, 5.41) is 11.7. The standard InChI is InChI=1S/C9H19NO2/c1-7(5-6-8(11)12)10-9(2,3)4/h7,10H,5-6H2,1-4H3,(H,11,12)/t7-/m1/s1. The van der Waals surface area contributed by atoms with Gasteiger partial charge in [0.25, 0.3) is 0 Å². The molecule has 0 aliphatic heterocycles. The van der Waals surface area contributed by atoms with E-state index in [0.29, 0.717) is 6.42 Å². The van der Waals surface area contributed by atoms with Gasteiger partial charge in [-0.15, -0.1) is 0 Å². The zero-order valence-electron chi connectivity index (χ0n) is 8.35. The summed E-state index contributed by atoms with van der Waals surface area (Å²) in [6, 6.07) is 0.265. The molecule has 0 aliphatic carbocycles. The Kier molecular flexibility index (Phi) is 4.24. The smallest absolute Gasteiger partial charge is 0.303 e. The SMILES string of the molecule is C[C@H](CCC(=O)O)NC(C)(C)C. The van der Waals surface area contributed by atoms with Gasteiger partial charge in [0.1, 0.15) is 0 Å². The minimum atomic E-state index is -0.724. The molecule has 0 amide bonds. The van der Waals surface area contributed by atoms with Gasteiger partial charge in [-0.25, -0.2) is 0 Å². The topological polar surface area (TPSA) is 49.3 Å². The number of nitrogens with one attached hydrogen (secondary N) is 1. The normalized spacial score (nSPS) is 14.3. The van der Waals surface area contributed by atoms with Crippen LogP contribution < -0.4 is 5.32 Å². The fraction of sp³-hybridized carbons (Fsp3) is 0.889. The third-order valence-corrected chi connectivity index (χ3v) is 1.47. The molecule has 0 unspecified atom stereocenters. The van der Waals surface area contributed by atoms with E-state index < -0.39 is 5.97 Å². The van der Waals surface area contributed by atoms with E-state index in [9.17, 15) is 4.79 Å². The van der Waals surface area contributed by atoms with Crippen LogP contribution in [-0.2, 0) is 4.79 Å². The van der Waals surface area contributed by atoms with E-state index in [-0.39, 0.29) is 18.0 Å². The number of hydrogen-bond acceptors (Lipinski definition) is 2. The van der Waals surface area contributed by atoms with Gasteiger partial charge < -0.3 is 10.4 Å². The molecule has 0 aliphatic rings. The first-order valence-electron chi connectivity index (χ1n) is 4.31. The average molecular weight is 173 g/mol. The van der Waals surface area contributed by atoms with Crippen molar-refractivity contribution in [2.24, 2.45) is 0 Å². The number of carboxylic acids is 1. The third kappa shape index (κ3) is 7.54. The van der Waals surface area contributed by atoms with Gasteiger partial charge in [-0.3, -0.25) is 4.79 Å². The first-order valence-corrected chi connectivity index (χ1v) is 4.31. The van der Waals surface area contributed by atoms with Gasteiger partial charge in [0.15, 0.2) is 0 Å². The minimum Gasteiger partial charge on any atom is -0.481 e. The number of carboxylic acid groups (broad SMARTS) is 1. The van der Waals surface area contributed by atoms with Crippen LogP contribution in [0.5, 0.6) is 0 Å². The maximum absolute atomic E-state index is 10.2. The zero-order valence-corrected chi connectivity index (χ0v) is 8.35. The van der Waals surface area contributed by atoms with Gasteiger partial charge in [0.05, 0.1) is 0 Å². The molecule has 0 aromatic heterocycles. The molecule has 0 radical (unpaired) electrons. The van der Waals surface area contributed by atoms with E-state index >= 15 is 0 Å². The lowest BCUT2D eigenvalue weighted by atomic mass is 10.1. The summed E-state index contributed by atoms with van der Waals surface area (Å²) in [6.45, 7) is 8.23. The first-order chi connectivity index (χ1) is 5.31. The molecule has 1 atom stereocenters. The van der Waals surface area contributed by atoms with E-state index in [2.05, 4.69) is 26.1 Å². The Hall–Kier alpha value is -0.570. The lowest BCUT2D eigenvalue weighted by Crippen LogP contribution is -2.42. The van der Waals surface area contributed by atoms with Crippen molar-refractivity contribution >= 4 is 5.97 Å². The van der Waals surface area contributed by atoms with E-state index in [4.69, 9.17) is 5.11 Å². The summed E-state index contributed by atoms with van der Waals surface area (Å²) in [4.78, 5) is 10.2. The summed E-state index contributed by atoms with van der Waals surface area (Å²) in [6.07, 6.45) is 0.927. The van der Waals surface area contributed by atoms with E-state index in [1.54, 1.807) is 0 Å². The maximum atomic E-state index is 10.2. The maximum Gasteiger partial charge on any atom is 0.303 e. The summed E-state index contributed by atoms with van der Waals surface area (Å²) in [5.41, 5.74) is 0.0674. The lowest BCUT2D eigenvalue weighted by molar-refractivity contribution is -0.137. The second kappa shape index (κ2) is 4.45. The second-order valence-electron chi connectivity index (χ2n) is 4.23. The van der Waals surface area contributed by atoms with Crippen LogP contribution in [-0.4, -0.2) is 22.7 Å². The molecular formula is C9H19NO2. The summed E-state index contributed by atoms with van der Waals surface area (Å²) < 4.78 is 0. The Labute approximate surface area is 74.2 Å². The molecule has 3 heteroatoms. The van der Waals surface area contributed by atoms with Crippen LogP contribution in [0.2, 0.25) is 0 Å². The molecule has 0 heterocycles. The van der Waals surface area contributed by atoms with Crippen LogP contribution in [0.4, 0.5) is 0 Å². The molecule has 0 saturated carbocycles. The predicted molar refractivity (Wildman–Crippen MR) is 49.2 cm³/mol. The van der Waals surface area contributed by atoms with E-state index in [1.165, 1.54) is 0 Å². The highest BCUT2D eigenvalue weighted by Gasteiger charge is 2.13. The Morgan fingerprint density at radius 1 is 1.50 bits per heavy atom. The minimum absolute atomic E-state index is 0.0674. The van der Waals surface area contributed by atoms with Crippen LogP contribution in [0, 0.1) is 0 Å². The van der Waals surface area contributed by atoms with Gasteiger partial charge in [-0.05, 0) is 34.1 Å². The highest BCUT2D eigenvalue weighted by molar-refractivity contribution is 5.66. The van der Waals surface area contributed by atoms with Crippen molar-refractivity contribution in [3.8, 4) is 0 Å². The lowest BCUT2D eigenvalue weighted by Gasteiger charge is -2.25. The quantitative estimate of drug-likeness (QED) is 0.679. The van der Waals surface area contributed by atoms with E-state index in [0.717, 1.165) is 0 Å². The highest BCUT2D eigenvalue weighted by atomic mass is 16.4. The van der Waals surface area contributed by atoms with Crippen molar-refractivity contribution in [1.29, 1.82) is 0 Å². The van der Waals surface area contributed by atoms with Crippen LogP contribution in [0.15, 0.2) is 0 Å². The molecule has 0 aromatic rings. The summed E-state index contributed by atoms with van der Waals surface area (Å²) in [7, 11) is 0. The van der Waals surface area contributed by atoms with Gasteiger partial charge in [0.2, 0.25) is 0 Å². The van der Waals surface area contributed by atoms with Gasteiger partial charge >= 0.3 is 5.97 Å².